The predicted octanol–water partition coefficient (Wildman–Crippen LogP) is 0.771. The third-order valence-electron chi connectivity index (χ3n) is 4.52. The lowest BCUT2D eigenvalue weighted by Crippen LogP contribution is -2.57. The Labute approximate surface area is 176 Å². The number of rotatable bonds is 9. The number of aliphatic hydroxyl groups excluding tert-OH is 1. The van der Waals surface area contributed by atoms with E-state index >= 15 is 0 Å². The maximum Gasteiger partial charge on any atom is 0.475 e. The molecule has 1 unspecified atom stereocenters. The second-order valence-corrected chi connectivity index (χ2v) is 7.62. The number of hydrogen-bond donors (Lipinski definition) is 5. The van der Waals surface area contributed by atoms with Crippen LogP contribution < -0.4 is 10.6 Å². The van der Waals surface area contributed by atoms with Gasteiger partial charge in [-0.25, -0.2) is 4.98 Å². The van der Waals surface area contributed by atoms with Gasteiger partial charge in [0.25, 0.3) is 5.91 Å². The highest BCUT2D eigenvalue weighted by molar-refractivity contribution is 6.43. The maximum absolute atomic E-state index is 12.7. The summed E-state index contributed by atoms with van der Waals surface area (Å²) in [5.74, 6) is -2.16. The molecular formula is C21H28BN3O5. The van der Waals surface area contributed by atoms with E-state index in [9.17, 15) is 24.7 Å². The second-order valence-electron chi connectivity index (χ2n) is 7.62. The van der Waals surface area contributed by atoms with Crippen LogP contribution in [0.25, 0.3) is 11.3 Å². The van der Waals surface area contributed by atoms with Gasteiger partial charge in [0, 0.05) is 5.56 Å². The SMILES string of the molecule is CC(C)C[C@H](NC(=O)C(NC(=O)c1cccc(-c2ccccc2)n1)[C@@H](C)O)B(O)O. The van der Waals surface area contributed by atoms with Crippen LogP contribution in [0.3, 0.4) is 0 Å². The lowest BCUT2D eigenvalue weighted by molar-refractivity contribution is -0.125. The molecule has 1 aromatic heterocycles. The average molecular weight is 413 g/mol. The molecule has 0 saturated heterocycles. The molecular weight excluding hydrogens is 385 g/mol. The summed E-state index contributed by atoms with van der Waals surface area (Å²) < 4.78 is 0. The summed E-state index contributed by atoms with van der Waals surface area (Å²) >= 11 is 0. The van der Waals surface area contributed by atoms with Crippen LogP contribution in [0.5, 0.6) is 0 Å². The van der Waals surface area contributed by atoms with E-state index in [1.54, 1.807) is 12.1 Å². The third kappa shape index (κ3) is 6.65. The number of nitrogens with zero attached hydrogens (tertiary/aromatic N) is 1. The van der Waals surface area contributed by atoms with Crippen LogP contribution in [0.2, 0.25) is 0 Å². The van der Waals surface area contributed by atoms with E-state index in [2.05, 4.69) is 15.6 Å². The number of hydrogen-bond acceptors (Lipinski definition) is 6. The van der Waals surface area contributed by atoms with E-state index in [0.717, 1.165) is 5.56 Å². The van der Waals surface area contributed by atoms with E-state index in [-0.39, 0.29) is 11.6 Å². The zero-order valence-corrected chi connectivity index (χ0v) is 17.3. The van der Waals surface area contributed by atoms with Crippen LogP contribution in [0, 0.1) is 5.92 Å². The fourth-order valence-corrected chi connectivity index (χ4v) is 2.99. The van der Waals surface area contributed by atoms with E-state index in [4.69, 9.17) is 0 Å². The van der Waals surface area contributed by atoms with Gasteiger partial charge in [-0.2, -0.15) is 0 Å². The molecule has 1 heterocycles. The molecule has 30 heavy (non-hydrogen) atoms. The second kappa shape index (κ2) is 10.9. The Morgan fingerprint density at radius 2 is 1.67 bits per heavy atom. The van der Waals surface area contributed by atoms with Gasteiger partial charge in [0.2, 0.25) is 5.91 Å². The molecule has 0 radical (unpaired) electrons. The fourth-order valence-electron chi connectivity index (χ4n) is 2.99. The number of carbonyl (C=O) groups excluding carboxylic acids is 2. The normalized spacial score (nSPS) is 14.0. The van der Waals surface area contributed by atoms with Crippen molar-refractivity contribution in [3.63, 3.8) is 0 Å². The van der Waals surface area contributed by atoms with Crippen molar-refractivity contribution in [2.45, 2.75) is 45.3 Å². The highest BCUT2D eigenvalue weighted by atomic mass is 16.4. The Kier molecular flexibility index (Phi) is 8.52. The first-order valence-corrected chi connectivity index (χ1v) is 9.87. The summed E-state index contributed by atoms with van der Waals surface area (Å²) in [7, 11) is -1.76. The third-order valence-corrected chi connectivity index (χ3v) is 4.52. The highest BCUT2D eigenvalue weighted by Crippen LogP contribution is 2.16. The van der Waals surface area contributed by atoms with Gasteiger partial charge in [-0.15, -0.1) is 0 Å². The van der Waals surface area contributed by atoms with Crippen molar-refractivity contribution in [3.05, 3.63) is 54.2 Å². The first kappa shape index (κ1) is 23.5. The summed E-state index contributed by atoms with van der Waals surface area (Å²) in [5, 5.41) is 34.0. The number of carbonyl (C=O) groups is 2. The standard InChI is InChI=1S/C21H28BN3O5/c1-13(2)12-18(22(29)30)24-21(28)19(14(3)26)25-20(27)17-11-7-10-16(23-17)15-8-5-4-6-9-15/h4-11,13-14,18-19,26,29-30H,12H2,1-3H3,(H,24,28)(H,25,27)/t14-,18+,19?/m1/s1. The number of aliphatic hydroxyl groups is 1. The van der Waals surface area contributed by atoms with E-state index < -0.39 is 37.0 Å². The molecule has 1 aromatic carbocycles. The van der Waals surface area contributed by atoms with Crippen molar-refractivity contribution in [2.75, 3.05) is 0 Å². The topological polar surface area (TPSA) is 132 Å². The molecule has 0 aliphatic heterocycles. The first-order chi connectivity index (χ1) is 14.2. The van der Waals surface area contributed by atoms with Gasteiger partial charge in [0.15, 0.2) is 0 Å². The molecule has 8 nitrogen and oxygen atoms in total. The Morgan fingerprint density at radius 1 is 1.00 bits per heavy atom. The minimum Gasteiger partial charge on any atom is -0.426 e. The Hall–Kier alpha value is -2.75. The Balaban J connectivity index is 2.14. The quantitative estimate of drug-likeness (QED) is 0.386. The smallest absolute Gasteiger partial charge is 0.426 e. The van der Waals surface area contributed by atoms with Crippen LogP contribution in [-0.2, 0) is 4.79 Å². The van der Waals surface area contributed by atoms with E-state index in [0.29, 0.717) is 12.1 Å². The Bertz CT molecular complexity index is 846. The van der Waals surface area contributed by atoms with Crippen LogP contribution in [-0.4, -0.2) is 57.2 Å². The molecule has 0 spiro atoms. The number of nitrogens with one attached hydrogen (secondary N) is 2. The first-order valence-electron chi connectivity index (χ1n) is 9.87. The van der Waals surface area contributed by atoms with Gasteiger partial charge in [-0.1, -0.05) is 50.2 Å². The average Bonchev–Trinajstić information content (AvgIpc) is 2.71. The van der Waals surface area contributed by atoms with Crippen molar-refractivity contribution in [2.24, 2.45) is 5.92 Å². The number of aromatic nitrogens is 1. The molecule has 2 amide bonds. The molecule has 9 heteroatoms. The van der Waals surface area contributed by atoms with E-state index in [1.165, 1.54) is 13.0 Å². The number of benzene rings is 1. The highest BCUT2D eigenvalue weighted by Gasteiger charge is 2.32. The number of amides is 2. The van der Waals surface area contributed by atoms with E-state index in [1.807, 2.05) is 44.2 Å². The molecule has 0 bridgehead atoms. The van der Waals surface area contributed by atoms with Crippen LogP contribution in [0.15, 0.2) is 48.5 Å². The van der Waals surface area contributed by atoms with Gasteiger partial charge >= 0.3 is 7.12 Å². The molecule has 2 rings (SSSR count). The zero-order chi connectivity index (χ0) is 22.3. The molecule has 160 valence electrons. The zero-order valence-electron chi connectivity index (χ0n) is 17.3. The molecule has 0 fully saturated rings. The molecule has 2 aromatic rings. The van der Waals surface area contributed by atoms with Crippen LogP contribution in [0.1, 0.15) is 37.7 Å². The molecule has 3 atom stereocenters. The molecule has 5 N–H and O–H groups in total. The van der Waals surface area contributed by atoms with Crippen LogP contribution >= 0.6 is 0 Å². The van der Waals surface area contributed by atoms with Gasteiger partial charge in [0.05, 0.1) is 17.7 Å². The molecule has 0 aliphatic rings. The minimum atomic E-state index is -1.76. The lowest BCUT2D eigenvalue weighted by atomic mass is 9.75. The lowest BCUT2D eigenvalue weighted by Gasteiger charge is -2.25. The van der Waals surface area contributed by atoms with Crippen LogP contribution in [0.4, 0.5) is 0 Å². The van der Waals surface area contributed by atoms with Crippen molar-refractivity contribution in [1.82, 2.24) is 15.6 Å². The maximum atomic E-state index is 12.7. The summed E-state index contributed by atoms with van der Waals surface area (Å²) in [6.07, 6.45) is -0.883. The largest absolute Gasteiger partial charge is 0.475 e. The van der Waals surface area contributed by atoms with Gasteiger partial charge in [-0.3, -0.25) is 9.59 Å². The summed E-state index contributed by atoms with van der Waals surface area (Å²) in [5.41, 5.74) is 1.53. The monoisotopic (exact) mass is 413 g/mol. The summed E-state index contributed by atoms with van der Waals surface area (Å²) in [6, 6.07) is 13.0. The fraction of sp³-hybridized carbons (Fsp3) is 0.381. The summed E-state index contributed by atoms with van der Waals surface area (Å²) in [4.78, 5) is 29.6. The van der Waals surface area contributed by atoms with Gasteiger partial charge in [0.1, 0.15) is 11.7 Å². The Morgan fingerprint density at radius 3 is 2.23 bits per heavy atom. The van der Waals surface area contributed by atoms with Crippen molar-refractivity contribution in [1.29, 1.82) is 0 Å². The van der Waals surface area contributed by atoms with Crippen molar-refractivity contribution in [3.8, 4) is 11.3 Å². The summed E-state index contributed by atoms with van der Waals surface area (Å²) in [6.45, 7) is 5.12. The number of pyridine rings is 1. The predicted molar refractivity (Wildman–Crippen MR) is 114 cm³/mol. The van der Waals surface area contributed by atoms with Gasteiger partial charge in [-0.05, 0) is 31.4 Å². The molecule has 0 saturated carbocycles. The van der Waals surface area contributed by atoms with Gasteiger partial charge < -0.3 is 25.8 Å². The van der Waals surface area contributed by atoms with Crippen molar-refractivity contribution < 1.29 is 24.7 Å². The van der Waals surface area contributed by atoms with Crippen molar-refractivity contribution >= 4 is 18.9 Å². The molecule has 0 aliphatic carbocycles. The minimum absolute atomic E-state index is 0.0933.